The highest BCUT2D eigenvalue weighted by Gasteiger charge is 2.30. The lowest BCUT2D eigenvalue weighted by molar-refractivity contribution is 0.262. The second kappa shape index (κ2) is 13.0. The number of piperidine rings is 1. The van der Waals surface area contributed by atoms with Crippen LogP contribution in [0.3, 0.4) is 0 Å². The summed E-state index contributed by atoms with van der Waals surface area (Å²) in [6, 6.07) is 24.8. The molecule has 0 aliphatic carbocycles. The van der Waals surface area contributed by atoms with Gasteiger partial charge in [-0.25, -0.2) is 17.9 Å². The Bertz CT molecular complexity index is 1760. The maximum Gasteiger partial charge on any atom is 0.324 e. The molecular formula is C37H47N5O3S. The molecule has 2 N–H and O–H groups in total. The number of urea groups is 1. The van der Waals surface area contributed by atoms with Gasteiger partial charge in [0, 0.05) is 30.3 Å². The summed E-state index contributed by atoms with van der Waals surface area (Å²) < 4.78 is 30.0. The average Bonchev–Trinajstić information content (AvgIpc) is 3.43. The largest absolute Gasteiger partial charge is 0.324 e. The minimum Gasteiger partial charge on any atom is -0.308 e. The number of benzene rings is 3. The molecule has 46 heavy (non-hydrogen) atoms. The first-order chi connectivity index (χ1) is 21.6. The third kappa shape index (κ3) is 7.88. The van der Waals surface area contributed by atoms with Crippen LogP contribution < -0.4 is 10.6 Å². The van der Waals surface area contributed by atoms with E-state index in [1.54, 1.807) is 21.1 Å². The molecule has 1 aliphatic heterocycles. The van der Waals surface area contributed by atoms with Crippen LogP contribution in [-0.2, 0) is 27.3 Å². The Morgan fingerprint density at radius 2 is 1.43 bits per heavy atom. The van der Waals surface area contributed by atoms with Crippen LogP contribution in [0.25, 0.3) is 5.69 Å². The third-order valence-electron chi connectivity index (χ3n) is 8.67. The first-order valence-corrected chi connectivity index (χ1v) is 17.5. The summed E-state index contributed by atoms with van der Waals surface area (Å²) >= 11 is 0. The zero-order chi connectivity index (χ0) is 33.3. The summed E-state index contributed by atoms with van der Waals surface area (Å²) in [7, 11) is -3.51. The van der Waals surface area contributed by atoms with Crippen LogP contribution >= 0.6 is 0 Å². The second-order valence-corrected chi connectivity index (χ2v) is 16.5. The maximum atomic E-state index is 13.3. The number of rotatable bonds is 7. The molecule has 4 aromatic rings. The normalized spacial score (nSPS) is 15.1. The molecule has 0 unspecified atom stereocenters. The number of hydrogen-bond donors (Lipinski definition) is 2. The van der Waals surface area contributed by atoms with Gasteiger partial charge >= 0.3 is 6.03 Å². The smallest absolute Gasteiger partial charge is 0.308 e. The molecule has 244 valence electrons. The summed E-state index contributed by atoms with van der Waals surface area (Å²) in [5.74, 6) is 0.995. The van der Waals surface area contributed by atoms with Crippen LogP contribution in [0.5, 0.6) is 0 Å². The van der Waals surface area contributed by atoms with Crippen LogP contribution in [0.4, 0.5) is 16.3 Å². The van der Waals surface area contributed by atoms with E-state index < -0.39 is 10.0 Å². The molecule has 0 atom stereocenters. The fourth-order valence-corrected chi connectivity index (χ4v) is 7.16. The first-order valence-electron chi connectivity index (χ1n) is 16.0. The molecule has 1 saturated heterocycles. The maximum absolute atomic E-state index is 13.3. The minimum absolute atomic E-state index is 0.0235. The van der Waals surface area contributed by atoms with Crippen molar-refractivity contribution in [1.82, 2.24) is 14.1 Å². The van der Waals surface area contributed by atoms with Gasteiger partial charge in [0.2, 0.25) is 10.0 Å². The fraction of sp³-hybridized carbons (Fsp3) is 0.405. The molecule has 1 aliphatic rings. The fourth-order valence-electron chi connectivity index (χ4n) is 5.69. The van der Waals surface area contributed by atoms with Crippen molar-refractivity contribution in [1.29, 1.82) is 0 Å². The number of nitrogens with zero attached hydrogens (tertiary/aromatic N) is 3. The predicted molar refractivity (Wildman–Crippen MR) is 186 cm³/mol. The van der Waals surface area contributed by atoms with Gasteiger partial charge in [0.1, 0.15) is 5.82 Å². The Balaban J connectivity index is 1.16. The minimum atomic E-state index is -3.51. The summed E-state index contributed by atoms with van der Waals surface area (Å²) in [4.78, 5) is 13.4. The molecule has 2 heterocycles. The average molecular weight is 642 g/mol. The van der Waals surface area contributed by atoms with E-state index in [-0.39, 0.29) is 16.9 Å². The Morgan fingerprint density at radius 1 is 0.826 bits per heavy atom. The molecule has 3 aromatic carbocycles. The number of sulfonamides is 1. The van der Waals surface area contributed by atoms with Crippen LogP contribution in [0.1, 0.15) is 76.8 Å². The van der Waals surface area contributed by atoms with Crippen molar-refractivity contribution >= 4 is 27.6 Å². The molecule has 9 heteroatoms. The number of carbonyl (C=O) groups excluding carboxylic acids is 1. The van der Waals surface area contributed by atoms with Gasteiger partial charge in [-0.15, -0.1) is 0 Å². The van der Waals surface area contributed by atoms with E-state index in [0.29, 0.717) is 35.4 Å². The number of amides is 2. The lowest BCUT2D eigenvalue weighted by Crippen LogP contribution is -2.38. The van der Waals surface area contributed by atoms with Gasteiger partial charge in [-0.1, -0.05) is 83.5 Å². The molecule has 1 fully saturated rings. The molecule has 5 rings (SSSR count). The number of carbonyl (C=O) groups is 1. The first kappa shape index (κ1) is 33.4. The van der Waals surface area contributed by atoms with Gasteiger partial charge in [-0.3, -0.25) is 5.32 Å². The zero-order valence-electron chi connectivity index (χ0n) is 28.1. The highest BCUT2D eigenvalue weighted by molar-refractivity contribution is 7.89. The van der Waals surface area contributed by atoms with Crippen LogP contribution in [0.15, 0.2) is 83.8 Å². The van der Waals surface area contributed by atoms with Crippen LogP contribution in [-0.4, -0.2) is 41.6 Å². The highest BCUT2D eigenvalue weighted by atomic mass is 32.2. The Hall–Kier alpha value is -3.95. The van der Waals surface area contributed by atoms with Crippen molar-refractivity contribution in [2.24, 2.45) is 5.92 Å². The molecule has 8 nitrogen and oxygen atoms in total. The molecule has 0 radical (unpaired) electrons. The summed E-state index contributed by atoms with van der Waals surface area (Å²) in [5.41, 5.74) is 5.68. The summed E-state index contributed by atoms with van der Waals surface area (Å²) in [6.45, 7) is 15.7. The standard InChI is InChI=1S/C37H47N5O3S/c1-26-8-16-31(17-9-26)42-34(25-33(40-42)37(5,6)7)39-35(43)38-30-14-10-27(11-15-30)24-28-20-22-41(23-21-28)46(44,45)32-18-12-29(13-19-32)36(2,3)4/h8-19,25,28H,20-24H2,1-7H3,(H2,38,39,43). The Labute approximate surface area is 274 Å². The van der Waals surface area contributed by atoms with Crippen LogP contribution in [0, 0.1) is 12.8 Å². The number of anilines is 2. The van der Waals surface area contributed by atoms with Gasteiger partial charge < -0.3 is 5.32 Å². The van der Waals surface area contributed by atoms with Crippen molar-refractivity contribution in [3.05, 3.63) is 101 Å². The summed E-state index contributed by atoms with van der Waals surface area (Å²) in [5, 5.41) is 10.7. The number of aryl methyl sites for hydroxylation is 1. The van der Waals surface area contributed by atoms with Gasteiger partial charge in [-0.2, -0.15) is 9.40 Å². The quantitative estimate of drug-likeness (QED) is 0.213. The topological polar surface area (TPSA) is 96.3 Å². The van der Waals surface area contributed by atoms with Crippen molar-refractivity contribution in [3.8, 4) is 5.69 Å². The lowest BCUT2D eigenvalue weighted by atomic mass is 9.87. The Morgan fingerprint density at radius 3 is 2.00 bits per heavy atom. The SMILES string of the molecule is Cc1ccc(-n2nc(C(C)(C)C)cc2NC(=O)Nc2ccc(CC3CCN(S(=O)(=O)c4ccc(C(C)(C)C)cc4)CC3)cc2)cc1. The van der Waals surface area contributed by atoms with Gasteiger partial charge in [0.15, 0.2) is 0 Å². The van der Waals surface area contributed by atoms with Gasteiger partial charge in [0.05, 0.1) is 16.3 Å². The predicted octanol–water partition coefficient (Wildman–Crippen LogP) is 8.06. The third-order valence-corrected chi connectivity index (χ3v) is 10.6. The summed E-state index contributed by atoms with van der Waals surface area (Å²) in [6.07, 6.45) is 2.49. The molecule has 0 bridgehead atoms. The number of aromatic nitrogens is 2. The molecular weight excluding hydrogens is 595 g/mol. The monoisotopic (exact) mass is 641 g/mol. The van der Waals surface area contributed by atoms with Crippen LogP contribution in [0.2, 0.25) is 0 Å². The lowest BCUT2D eigenvalue weighted by Gasteiger charge is -2.31. The van der Waals surface area contributed by atoms with E-state index in [4.69, 9.17) is 5.10 Å². The van der Waals surface area contributed by atoms with Crippen molar-refractivity contribution in [3.63, 3.8) is 0 Å². The molecule has 0 spiro atoms. The number of nitrogens with one attached hydrogen (secondary N) is 2. The molecule has 1 aromatic heterocycles. The van der Waals surface area contributed by atoms with E-state index in [9.17, 15) is 13.2 Å². The Kier molecular flexibility index (Phi) is 9.47. The van der Waals surface area contributed by atoms with E-state index in [2.05, 4.69) is 52.2 Å². The highest BCUT2D eigenvalue weighted by Crippen LogP contribution is 2.29. The second-order valence-electron chi connectivity index (χ2n) is 14.5. The van der Waals surface area contributed by atoms with E-state index in [0.717, 1.165) is 47.3 Å². The van der Waals surface area contributed by atoms with E-state index >= 15 is 0 Å². The van der Waals surface area contributed by atoms with Crippen molar-refractivity contribution in [2.75, 3.05) is 23.7 Å². The molecule has 2 amide bonds. The van der Waals surface area contributed by atoms with E-state index in [1.165, 1.54) is 0 Å². The zero-order valence-corrected chi connectivity index (χ0v) is 28.9. The van der Waals surface area contributed by atoms with Crippen molar-refractivity contribution in [2.45, 2.75) is 83.5 Å². The number of hydrogen-bond acceptors (Lipinski definition) is 4. The van der Waals surface area contributed by atoms with Crippen molar-refractivity contribution < 1.29 is 13.2 Å². The van der Waals surface area contributed by atoms with Gasteiger partial charge in [-0.05, 0) is 85.0 Å². The van der Waals surface area contributed by atoms with Gasteiger partial charge in [0.25, 0.3) is 0 Å². The molecule has 0 saturated carbocycles. The van der Waals surface area contributed by atoms with E-state index in [1.807, 2.05) is 73.7 Å².